The highest BCUT2D eigenvalue weighted by Crippen LogP contribution is 2.38. The molecule has 3 fully saturated rings. The van der Waals surface area contributed by atoms with Crippen molar-refractivity contribution in [3.63, 3.8) is 0 Å². The summed E-state index contributed by atoms with van der Waals surface area (Å²) in [6.45, 7) is 7.84. The maximum absolute atomic E-state index is 13.9. The Bertz CT molecular complexity index is 842. The second-order valence-electron chi connectivity index (χ2n) is 11.3. The number of hydrogen-bond donors (Lipinski definition) is 2. The van der Waals surface area contributed by atoms with Crippen molar-refractivity contribution in [3.05, 3.63) is 0 Å². The van der Waals surface area contributed by atoms with E-state index in [0.717, 1.165) is 0 Å². The number of fused-ring (bicyclic) bond motifs is 1. The molecule has 0 aromatic heterocycles. The standard InChI is InChI=1S/C24H40N4O7/c1-23(2,3)35-22(33)27-9-7-18(29)24(4,14-27)21(32)28-13-15(11-17-16(28)8-10-34-17)20(31)25-12-19(30)26(5)6/h15-18,29H,7-14H2,1-6H3,(H,25,31)/t15-,16+,17+,18-,24-/m1/s1. The average molecular weight is 497 g/mol. The first-order valence-corrected chi connectivity index (χ1v) is 12.3. The molecule has 3 heterocycles. The van der Waals surface area contributed by atoms with E-state index in [0.29, 0.717) is 26.0 Å². The molecule has 11 nitrogen and oxygen atoms in total. The van der Waals surface area contributed by atoms with Gasteiger partial charge in [-0.1, -0.05) is 0 Å². The van der Waals surface area contributed by atoms with Gasteiger partial charge in [-0.25, -0.2) is 4.79 Å². The lowest BCUT2D eigenvalue weighted by molar-refractivity contribution is -0.161. The zero-order chi connectivity index (χ0) is 26.1. The van der Waals surface area contributed by atoms with E-state index in [-0.39, 0.29) is 55.9 Å². The Hall–Kier alpha value is -2.40. The minimum Gasteiger partial charge on any atom is -0.444 e. The highest BCUT2D eigenvalue weighted by atomic mass is 16.6. The number of hydrogen-bond acceptors (Lipinski definition) is 7. The monoisotopic (exact) mass is 496 g/mol. The number of ether oxygens (including phenoxy) is 2. The van der Waals surface area contributed by atoms with Crippen LogP contribution in [0.3, 0.4) is 0 Å². The number of aliphatic hydroxyl groups excluding tert-OH is 1. The highest BCUT2D eigenvalue weighted by Gasteiger charge is 2.53. The minimum absolute atomic E-state index is 0.0187. The van der Waals surface area contributed by atoms with Crippen molar-refractivity contribution < 1.29 is 33.8 Å². The Labute approximate surface area is 207 Å². The van der Waals surface area contributed by atoms with Crippen molar-refractivity contribution in [2.24, 2.45) is 11.3 Å². The molecule has 3 saturated heterocycles. The molecule has 0 spiro atoms. The van der Waals surface area contributed by atoms with Crippen LogP contribution in [-0.2, 0) is 23.9 Å². The Balaban J connectivity index is 1.76. The van der Waals surface area contributed by atoms with E-state index in [9.17, 15) is 24.3 Å². The molecule has 11 heteroatoms. The quantitative estimate of drug-likeness (QED) is 0.569. The van der Waals surface area contributed by atoms with E-state index in [1.807, 2.05) is 0 Å². The molecule has 198 valence electrons. The summed E-state index contributed by atoms with van der Waals surface area (Å²) in [5, 5.41) is 13.6. The third-order valence-electron chi connectivity index (χ3n) is 7.12. The molecule has 0 aromatic rings. The molecule has 0 aliphatic carbocycles. The number of nitrogens with zero attached hydrogens (tertiary/aromatic N) is 3. The number of piperidine rings is 2. The first-order valence-electron chi connectivity index (χ1n) is 12.3. The molecule has 35 heavy (non-hydrogen) atoms. The van der Waals surface area contributed by atoms with Crippen LogP contribution >= 0.6 is 0 Å². The highest BCUT2D eigenvalue weighted by molar-refractivity contribution is 5.88. The number of aliphatic hydroxyl groups is 1. The van der Waals surface area contributed by atoms with Crippen LogP contribution in [0.15, 0.2) is 0 Å². The first kappa shape index (κ1) is 27.2. The molecule has 3 aliphatic rings. The van der Waals surface area contributed by atoms with Crippen molar-refractivity contribution in [1.29, 1.82) is 0 Å². The van der Waals surface area contributed by atoms with Gasteiger partial charge in [-0.2, -0.15) is 0 Å². The van der Waals surface area contributed by atoms with E-state index in [4.69, 9.17) is 9.47 Å². The van der Waals surface area contributed by atoms with Crippen molar-refractivity contribution in [2.45, 2.75) is 70.8 Å². The van der Waals surface area contributed by atoms with Gasteiger partial charge in [0.1, 0.15) is 5.60 Å². The number of nitrogens with one attached hydrogen (secondary N) is 1. The lowest BCUT2D eigenvalue weighted by Crippen LogP contribution is -2.64. The molecule has 0 bridgehead atoms. The average Bonchev–Trinajstić information content (AvgIpc) is 3.25. The molecule has 0 saturated carbocycles. The zero-order valence-corrected chi connectivity index (χ0v) is 21.7. The molecule has 0 unspecified atom stereocenters. The number of likely N-dealkylation sites (tertiary alicyclic amines) is 2. The minimum atomic E-state index is -1.25. The maximum atomic E-state index is 13.9. The van der Waals surface area contributed by atoms with Gasteiger partial charge in [0.2, 0.25) is 17.7 Å². The van der Waals surface area contributed by atoms with Crippen LogP contribution in [0.25, 0.3) is 0 Å². The fraction of sp³-hybridized carbons (Fsp3) is 0.833. The molecule has 3 aliphatic heterocycles. The van der Waals surface area contributed by atoms with Gasteiger partial charge in [-0.15, -0.1) is 0 Å². The normalized spacial score (nSPS) is 30.9. The van der Waals surface area contributed by atoms with E-state index >= 15 is 0 Å². The summed E-state index contributed by atoms with van der Waals surface area (Å²) in [5.41, 5.74) is -1.93. The Morgan fingerprint density at radius 1 is 1.20 bits per heavy atom. The van der Waals surface area contributed by atoms with Gasteiger partial charge in [0, 0.05) is 40.3 Å². The third kappa shape index (κ3) is 6.06. The number of carbonyl (C=O) groups excluding carboxylic acids is 4. The van der Waals surface area contributed by atoms with Crippen molar-refractivity contribution >= 4 is 23.8 Å². The van der Waals surface area contributed by atoms with Gasteiger partial charge in [0.05, 0.1) is 36.1 Å². The third-order valence-corrected chi connectivity index (χ3v) is 7.12. The van der Waals surface area contributed by atoms with Crippen LogP contribution in [-0.4, -0.2) is 114 Å². The summed E-state index contributed by atoms with van der Waals surface area (Å²) in [6.07, 6.45) is -0.408. The number of carbonyl (C=O) groups is 4. The molecular weight excluding hydrogens is 456 g/mol. The summed E-state index contributed by atoms with van der Waals surface area (Å²) in [6, 6.07) is -0.198. The van der Waals surface area contributed by atoms with E-state index < -0.39 is 29.1 Å². The van der Waals surface area contributed by atoms with Gasteiger partial charge in [0.25, 0.3) is 0 Å². The summed E-state index contributed by atoms with van der Waals surface area (Å²) >= 11 is 0. The van der Waals surface area contributed by atoms with Crippen LogP contribution in [0.4, 0.5) is 4.79 Å². The van der Waals surface area contributed by atoms with Gasteiger partial charge in [-0.05, 0) is 47.0 Å². The van der Waals surface area contributed by atoms with Gasteiger partial charge < -0.3 is 34.6 Å². The molecule has 4 amide bonds. The molecule has 3 rings (SSSR count). The Kier molecular flexibility index (Phi) is 8.00. The Morgan fingerprint density at radius 3 is 2.51 bits per heavy atom. The van der Waals surface area contributed by atoms with Crippen molar-refractivity contribution in [3.8, 4) is 0 Å². The maximum Gasteiger partial charge on any atom is 0.410 e. The van der Waals surface area contributed by atoms with Gasteiger partial charge >= 0.3 is 6.09 Å². The van der Waals surface area contributed by atoms with Gasteiger partial charge in [-0.3, -0.25) is 14.4 Å². The summed E-state index contributed by atoms with van der Waals surface area (Å²) in [4.78, 5) is 55.9. The lowest BCUT2D eigenvalue weighted by Gasteiger charge is -2.48. The van der Waals surface area contributed by atoms with Gasteiger partial charge in [0.15, 0.2) is 0 Å². The predicted molar refractivity (Wildman–Crippen MR) is 126 cm³/mol. The Morgan fingerprint density at radius 2 is 1.89 bits per heavy atom. The second-order valence-corrected chi connectivity index (χ2v) is 11.3. The molecule has 0 aromatic carbocycles. The van der Waals surface area contributed by atoms with Crippen molar-refractivity contribution in [1.82, 2.24) is 20.0 Å². The molecule has 5 atom stereocenters. The number of amides is 4. The van der Waals surface area contributed by atoms with Crippen LogP contribution in [0, 0.1) is 11.3 Å². The molecule has 2 N–H and O–H groups in total. The van der Waals surface area contributed by atoms with Crippen molar-refractivity contribution in [2.75, 3.05) is 46.9 Å². The zero-order valence-electron chi connectivity index (χ0n) is 21.7. The fourth-order valence-corrected chi connectivity index (χ4v) is 5.03. The largest absolute Gasteiger partial charge is 0.444 e. The number of rotatable bonds is 4. The topological polar surface area (TPSA) is 129 Å². The van der Waals surface area contributed by atoms with Crippen LogP contribution in [0.2, 0.25) is 0 Å². The summed E-state index contributed by atoms with van der Waals surface area (Å²) in [5.74, 6) is -1.38. The summed E-state index contributed by atoms with van der Waals surface area (Å²) in [7, 11) is 3.23. The number of likely N-dealkylation sites (N-methyl/N-ethyl adjacent to an activating group) is 1. The molecular formula is C24H40N4O7. The SMILES string of the molecule is CN(C)C(=O)CNC(=O)[C@@H]1C[C@@H]2OCC[C@@H]2N(C(=O)[C@]2(C)CN(C(=O)OC(C)(C)C)CC[C@H]2O)C1. The molecule has 0 radical (unpaired) electrons. The van der Waals surface area contributed by atoms with Crippen LogP contribution in [0.1, 0.15) is 47.0 Å². The lowest BCUT2D eigenvalue weighted by atomic mass is 9.76. The second kappa shape index (κ2) is 10.3. The smallest absolute Gasteiger partial charge is 0.410 e. The van der Waals surface area contributed by atoms with E-state index in [1.165, 1.54) is 9.80 Å². The van der Waals surface area contributed by atoms with Crippen LogP contribution < -0.4 is 5.32 Å². The first-order chi connectivity index (χ1) is 16.2. The fourth-order valence-electron chi connectivity index (χ4n) is 5.03. The summed E-state index contributed by atoms with van der Waals surface area (Å²) < 4.78 is 11.3. The van der Waals surface area contributed by atoms with Crippen LogP contribution in [0.5, 0.6) is 0 Å². The predicted octanol–water partition coefficient (Wildman–Crippen LogP) is 0.205. The van der Waals surface area contributed by atoms with E-state index in [1.54, 1.807) is 46.7 Å². The van der Waals surface area contributed by atoms with E-state index in [2.05, 4.69) is 5.32 Å².